The van der Waals surface area contributed by atoms with Crippen LogP contribution in [0.15, 0.2) is 0 Å². The van der Waals surface area contributed by atoms with Gasteiger partial charge in [0.15, 0.2) is 0 Å². The zero-order valence-corrected chi connectivity index (χ0v) is 17.0. The first-order valence-electron chi connectivity index (χ1n) is 10.2. The number of rotatable bonds is 6. The highest BCUT2D eigenvalue weighted by molar-refractivity contribution is 5.86. The lowest BCUT2D eigenvalue weighted by Gasteiger charge is -2.35. The third-order valence-electron chi connectivity index (χ3n) is 5.09. The van der Waals surface area contributed by atoms with Crippen molar-refractivity contribution in [1.29, 1.82) is 0 Å². The molecular formula is C20H36N2O4. The summed E-state index contributed by atoms with van der Waals surface area (Å²) in [4.78, 5) is 28.9. The number of nitrogens with zero attached hydrogens (tertiary/aromatic N) is 2. The van der Waals surface area contributed by atoms with Gasteiger partial charge in [0.25, 0.3) is 0 Å². The molecule has 2 aliphatic heterocycles. The van der Waals surface area contributed by atoms with Gasteiger partial charge in [-0.25, -0.2) is 4.79 Å². The lowest BCUT2D eigenvalue weighted by atomic mass is 9.97. The second kappa shape index (κ2) is 9.58. The Morgan fingerprint density at radius 1 is 1.08 bits per heavy atom. The first-order valence-corrected chi connectivity index (χ1v) is 10.2. The van der Waals surface area contributed by atoms with Crippen LogP contribution in [-0.2, 0) is 14.3 Å². The maximum Gasteiger partial charge on any atom is 0.410 e. The highest BCUT2D eigenvalue weighted by atomic mass is 16.6. The maximum atomic E-state index is 12.9. The number of carbonyl (C=O) groups is 2. The van der Waals surface area contributed by atoms with Crippen molar-refractivity contribution in [1.82, 2.24) is 9.80 Å². The van der Waals surface area contributed by atoms with Gasteiger partial charge in [0.05, 0.1) is 0 Å². The number of hydrogen-bond acceptors (Lipinski definition) is 4. The zero-order valence-electron chi connectivity index (χ0n) is 17.0. The molecule has 26 heavy (non-hydrogen) atoms. The monoisotopic (exact) mass is 368 g/mol. The summed E-state index contributed by atoms with van der Waals surface area (Å²) in [6.45, 7) is 11.5. The molecule has 0 bridgehead atoms. The number of unbranched alkanes of at least 4 members (excludes halogenated alkanes) is 1. The Morgan fingerprint density at radius 2 is 1.77 bits per heavy atom. The lowest BCUT2D eigenvalue weighted by Crippen LogP contribution is -2.51. The van der Waals surface area contributed by atoms with E-state index in [0.717, 1.165) is 64.8 Å². The number of ether oxygens (including phenoxy) is 2. The fourth-order valence-corrected chi connectivity index (χ4v) is 3.59. The standard InChI is InChI=1S/C20H36N2O4/c1-5-6-14-25-15-16-9-12-21(13-10-16)18(23)17-8-7-11-22(17)19(24)26-20(2,3)4/h16-17H,5-15H2,1-4H3/t17-/m0/s1. The van der Waals surface area contributed by atoms with Gasteiger partial charge in [-0.05, 0) is 58.8 Å². The first-order chi connectivity index (χ1) is 12.3. The summed E-state index contributed by atoms with van der Waals surface area (Å²) in [5, 5.41) is 0. The zero-order chi connectivity index (χ0) is 19.2. The molecular weight excluding hydrogens is 332 g/mol. The molecule has 0 aliphatic carbocycles. The molecule has 0 aromatic rings. The summed E-state index contributed by atoms with van der Waals surface area (Å²) in [6, 6.07) is -0.359. The van der Waals surface area contributed by atoms with Crippen LogP contribution in [0.3, 0.4) is 0 Å². The molecule has 0 N–H and O–H groups in total. The van der Waals surface area contributed by atoms with E-state index in [0.29, 0.717) is 12.5 Å². The molecule has 0 unspecified atom stereocenters. The van der Waals surface area contributed by atoms with Gasteiger partial charge in [0.1, 0.15) is 11.6 Å². The molecule has 0 aromatic heterocycles. The second-order valence-corrected chi connectivity index (χ2v) is 8.53. The smallest absolute Gasteiger partial charge is 0.410 e. The number of piperidine rings is 1. The number of hydrogen-bond donors (Lipinski definition) is 0. The van der Waals surface area contributed by atoms with Crippen LogP contribution < -0.4 is 0 Å². The number of likely N-dealkylation sites (tertiary alicyclic amines) is 2. The topological polar surface area (TPSA) is 59.1 Å². The van der Waals surface area contributed by atoms with Crippen molar-refractivity contribution in [2.24, 2.45) is 5.92 Å². The predicted octanol–water partition coefficient (Wildman–Crippen LogP) is 3.44. The summed E-state index contributed by atoms with van der Waals surface area (Å²) >= 11 is 0. The minimum Gasteiger partial charge on any atom is -0.444 e. The highest BCUT2D eigenvalue weighted by Gasteiger charge is 2.39. The molecule has 0 saturated carbocycles. The van der Waals surface area contributed by atoms with E-state index in [2.05, 4.69) is 6.92 Å². The number of carbonyl (C=O) groups excluding carboxylic acids is 2. The molecule has 2 rings (SSSR count). The Kier molecular flexibility index (Phi) is 7.74. The van der Waals surface area contributed by atoms with E-state index in [1.807, 2.05) is 25.7 Å². The van der Waals surface area contributed by atoms with Crippen molar-refractivity contribution in [3.8, 4) is 0 Å². The summed E-state index contributed by atoms with van der Waals surface area (Å²) in [7, 11) is 0. The van der Waals surface area contributed by atoms with E-state index in [-0.39, 0.29) is 18.0 Å². The molecule has 2 saturated heterocycles. The molecule has 6 nitrogen and oxygen atoms in total. The fourth-order valence-electron chi connectivity index (χ4n) is 3.59. The Labute approximate surface area is 158 Å². The molecule has 1 atom stereocenters. The first kappa shape index (κ1) is 21.0. The van der Waals surface area contributed by atoms with E-state index in [9.17, 15) is 9.59 Å². The van der Waals surface area contributed by atoms with Crippen LogP contribution in [0.4, 0.5) is 4.79 Å². The second-order valence-electron chi connectivity index (χ2n) is 8.53. The van der Waals surface area contributed by atoms with Gasteiger partial charge in [-0.2, -0.15) is 0 Å². The van der Waals surface area contributed by atoms with Crippen LogP contribution >= 0.6 is 0 Å². The lowest BCUT2D eigenvalue weighted by molar-refractivity contribution is -0.137. The summed E-state index contributed by atoms with van der Waals surface area (Å²) in [5.41, 5.74) is -0.538. The van der Waals surface area contributed by atoms with E-state index in [1.165, 1.54) is 0 Å². The van der Waals surface area contributed by atoms with Crippen LogP contribution in [0, 0.1) is 5.92 Å². The third-order valence-corrected chi connectivity index (χ3v) is 5.09. The molecule has 2 amide bonds. The van der Waals surface area contributed by atoms with Crippen molar-refractivity contribution in [2.45, 2.75) is 77.9 Å². The van der Waals surface area contributed by atoms with Crippen LogP contribution in [0.1, 0.15) is 66.2 Å². The molecule has 6 heteroatoms. The minimum absolute atomic E-state index is 0.0821. The van der Waals surface area contributed by atoms with E-state index in [1.54, 1.807) is 4.90 Å². The normalized spacial score (nSPS) is 21.9. The van der Waals surface area contributed by atoms with Crippen molar-refractivity contribution in [3.63, 3.8) is 0 Å². The molecule has 2 fully saturated rings. The average Bonchev–Trinajstić information content (AvgIpc) is 3.07. The summed E-state index contributed by atoms with van der Waals surface area (Å²) < 4.78 is 11.2. The summed E-state index contributed by atoms with van der Waals surface area (Å²) in [6.07, 6.45) is 5.46. The van der Waals surface area contributed by atoms with Gasteiger partial charge in [0, 0.05) is 32.8 Å². The SMILES string of the molecule is CCCCOCC1CCN(C(=O)[C@@H]2CCCN2C(=O)OC(C)(C)C)CC1. The van der Waals surface area contributed by atoms with Gasteiger partial charge in [0.2, 0.25) is 5.91 Å². The van der Waals surface area contributed by atoms with Crippen molar-refractivity contribution < 1.29 is 19.1 Å². The predicted molar refractivity (Wildman–Crippen MR) is 101 cm³/mol. The van der Waals surface area contributed by atoms with E-state index in [4.69, 9.17) is 9.47 Å². The van der Waals surface area contributed by atoms with Gasteiger partial charge in [-0.3, -0.25) is 9.69 Å². The quantitative estimate of drug-likeness (QED) is 0.674. The van der Waals surface area contributed by atoms with Gasteiger partial charge in [-0.15, -0.1) is 0 Å². The molecule has 2 aliphatic rings. The van der Waals surface area contributed by atoms with Crippen LogP contribution in [0.25, 0.3) is 0 Å². The Balaban J connectivity index is 1.80. The Bertz CT molecular complexity index is 467. The van der Waals surface area contributed by atoms with Crippen molar-refractivity contribution >= 4 is 12.0 Å². The fraction of sp³-hybridized carbons (Fsp3) is 0.900. The molecule has 150 valence electrons. The minimum atomic E-state index is -0.538. The molecule has 2 heterocycles. The highest BCUT2D eigenvalue weighted by Crippen LogP contribution is 2.25. The third kappa shape index (κ3) is 6.15. The summed E-state index contributed by atoms with van der Waals surface area (Å²) in [5.74, 6) is 0.625. The van der Waals surface area contributed by atoms with E-state index >= 15 is 0 Å². The van der Waals surface area contributed by atoms with Gasteiger partial charge in [-0.1, -0.05) is 13.3 Å². The maximum absolute atomic E-state index is 12.9. The van der Waals surface area contributed by atoms with Gasteiger partial charge >= 0.3 is 6.09 Å². The van der Waals surface area contributed by atoms with Crippen molar-refractivity contribution in [2.75, 3.05) is 32.8 Å². The molecule has 0 aromatic carbocycles. The van der Waals surface area contributed by atoms with Crippen LogP contribution in [0.5, 0.6) is 0 Å². The molecule has 0 radical (unpaired) electrons. The molecule has 0 spiro atoms. The Hall–Kier alpha value is -1.30. The van der Waals surface area contributed by atoms with Gasteiger partial charge < -0.3 is 14.4 Å². The van der Waals surface area contributed by atoms with E-state index < -0.39 is 5.60 Å². The van der Waals surface area contributed by atoms with Crippen molar-refractivity contribution in [3.05, 3.63) is 0 Å². The Morgan fingerprint density at radius 3 is 2.38 bits per heavy atom. The average molecular weight is 369 g/mol. The van der Waals surface area contributed by atoms with Crippen LogP contribution in [-0.4, -0.2) is 66.3 Å². The number of amides is 2. The van der Waals surface area contributed by atoms with Crippen LogP contribution in [0.2, 0.25) is 0 Å². The largest absolute Gasteiger partial charge is 0.444 e.